The number of hydrogen-bond acceptors (Lipinski definition) is 6. The predicted molar refractivity (Wildman–Crippen MR) is 83.3 cm³/mol. The summed E-state index contributed by atoms with van der Waals surface area (Å²) in [6.45, 7) is 9.10. The fourth-order valence-corrected chi connectivity index (χ4v) is 2.01. The van der Waals surface area contributed by atoms with E-state index in [2.05, 4.69) is 4.40 Å². The molecule has 0 amide bonds. The summed E-state index contributed by atoms with van der Waals surface area (Å²) in [5.41, 5.74) is -8.37. The van der Waals surface area contributed by atoms with Gasteiger partial charge in [0.2, 0.25) is 0 Å². The summed E-state index contributed by atoms with van der Waals surface area (Å²) in [5.74, 6) is -2.04. The Balaban J connectivity index is 5.54. The predicted octanol–water partition coefficient (Wildman–Crippen LogP) is 2.74. The van der Waals surface area contributed by atoms with Crippen LogP contribution < -0.4 is 0 Å². The first kappa shape index (κ1) is 23.4. The summed E-state index contributed by atoms with van der Waals surface area (Å²) in [6.07, 6.45) is -1.79. The van der Waals surface area contributed by atoms with Crippen molar-refractivity contribution in [2.24, 2.45) is 4.40 Å². The van der Waals surface area contributed by atoms with E-state index < -0.39 is 57.2 Å². The normalized spacial score (nSPS) is 13.2. The van der Waals surface area contributed by atoms with Gasteiger partial charge in [0.25, 0.3) is 0 Å². The highest BCUT2D eigenvalue weighted by molar-refractivity contribution is 7.91. The molecule has 0 unspecified atom stereocenters. The average Bonchev–Trinajstić information content (AvgIpc) is 2.19. The standard InChI is InChI=1S/C14H22F3NO6S/c1-12(2,3)23-10(19)7-9(8-11(20)24-13(4,5)6)18-25(21,22)14(15,16)17/h7-8H2,1-6H3. The summed E-state index contributed by atoms with van der Waals surface area (Å²) < 4.78 is 72.2. The number of alkyl halides is 3. The van der Waals surface area contributed by atoms with Gasteiger partial charge in [-0.1, -0.05) is 0 Å². The van der Waals surface area contributed by atoms with Gasteiger partial charge in [-0.2, -0.15) is 26.0 Å². The Hall–Kier alpha value is -1.65. The SMILES string of the molecule is CC(C)(C)OC(=O)CC(CC(=O)OC(C)(C)C)=NS(=O)(=O)C(F)(F)F. The van der Waals surface area contributed by atoms with Gasteiger partial charge in [-0.3, -0.25) is 9.59 Å². The van der Waals surface area contributed by atoms with Crippen LogP contribution in [0.1, 0.15) is 54.4 Å². The molecular formula is C14H22F3NO6S. The summed E-state index contributed by atoms with van der Waals surface area (Å²) in [5, 5.41) is 0. The van der Waals surface area contributed by atoms with E-state index in [1.165, 1.54) is 41.5 Å². The van der Waals surface area contributed by atoms with Crippen LogP contribution in [0.4, 0.5) is 13.2 Å². The lowest BCUT2D eigenvalue weighted by atomic mass is 10.1. The number of sulfonamides is 1. The number of rotatable bonds is 5. The van der Waals surface area contributed by atoms with Crippen LogP contribution in [0.2, 0.25) is 0 Å². The number of ether oxygens (including phenoxy) is 2. The average molecular weight is 389 g/mol. The Morgan fingerprint density at radius 2 is 1.16 bits per heavy atom. The third-order valence-electron chi connectivity index (χ3n) is 2.08. The summed E-state index contributed by atoms with van der Waals surface area (Å²) in [7, 11) is -5.90. The van der Waals surface area contributed by atoms with Gasteiger partial charge in [0.1, 0.15) is 11.2 Å². The van der Waals surface area contributed by atoms with Crippen molar-refractivity contribution in [3.8, 4) is 0 Å². The molecule has 0 aromatic rings. The van der Waals surface area contributed by atoms with Gasteiger partial charge in [0, 0.05) is 0 Å². The molecule has 0 aliphatic heterocycles. The van der Waals surface area contributed by atoms with Crippen molar-refractivity contribution in [1.82, 2.24) is 0 Å². The summed E-state index contributed by atoms with van der Waals surface area (Å²) in [4.78, 5) is 23.5. The van der Waals surface area contributed by atoms with Gasteiger partial charge < -0.3 is 9.47 Å². The van der Waals surface area contributed by atoms with E-state index in [1.54, 1.807) is 0 Å². The number of esters is 2. The van der Waals surface area contributed by atoms with Gasteiger partial charge in [-0.15, -0.1) is 0 Å². The van der Waals surface area contributed by atoms with E-state index in [0.717, 1.165) is 0 Å². The van der Waals surface area contributed by atoms with Crippen molar-refractivity contribution < 1.29 is 40.7 Å². The number of nitrogens with zero attached hydrogens (tertiary/aromatic N) is 1. The Labute approximate surface area is 144 Å². The fraction of sp³-hybridized carbons (Fsp3) is 0.786. The number of carbonyl (C=O) groups excluding carboxylic acids is 2. The third-order valence-corrected chi connectivity index (χ3v) is 3.16. The topological polar surface area (TPSA) is 99.1 Å². The molecule has 0 saturated heterocycles. The highest BCUT2D eigenvalue weighted by atomic mass is 32.2. The van der Waals surface area contributed by atoms with E-state index in [0.29, 0.717) is 0 Å². The first-order valence-corrected chi connectivity index (χ1v) is 8.59. The Kier molecular flexibility index (Phi) is 7.20. The minimum Gasteiger partial charge on any atom is -0.460 e. The van der Waals surface area contributed by atoms with E-state index in [1.807, 2.05) is 0 Å². The summed E-state index contributed by atoms with van der Waals surface area (Å²) in [6, 6.07) is 0. The Morgan fingerprint density at radius 1 is 0.840 bits per heavy atom. The molecule has 7 nitrogen and oxygen atoms in total. The van der Waals surface area contributed by atoms with Crippen LogP contribution in [0.15, 0.2) is 4.40 Å². The molecule has 11 heteroatoms. The molecule has 0 rings (SSSR count). The molecule has 0 N–H and O–H groups in total. The van der Waals surface area contributed by atoms with Crippen LogP contribution in [0, 0.1) is 0 Å². The molecule has 0 radical (unpaired) electrons. The van der Waals surface area contributed by atoms with Crippen LogP contribution in [0.25, 0.3) is 0 Å². The van der Waals surface area contributed by atoms with Crippen LogP contribution in [-0.2, 0) is 29.1 Å². The van der Waals surface area contributed by atoms with Gasteiger partial charge in [-0.05, 0) is 41.5 Å². The zero-order valence-electron chi connectivity index (χ0n) is 14.9. The van der Waals surface area contributed by atoms with Crippen molar-refractivity contribution in [1.29, 1.82) is 0 Å². The molecule has 0 heterocycles. The van der Waals surface area contributed by atoms with E-state index in [4.69, 9.17) is 9.47 Å². The molecule has 146 valence electrons. The lowest BCUT2D eigenvalue weighted by molar-refractivity contribution is -0.153. The van der Waals surface area contributed by atoms with Gasteiger partial charge in [0.05, 0.1) is 18.6 Å². The number of hydrogen-bond donors (Lipinski definition) is 0. The van der Waals surface area contributed by atoms with Crippen LogP contribution in [0.5, 0.6) is 0 Å². The maximum atomic E-state index is 12.5. The minimum atomic E-state index is -5.90. The molecule has 0 aromatic carbocycles. The second kappa shape index (κ2) is 7.71. The van der Waals surface area contributed by atoms with Crippen molar-refractivity contribution >= 4 is 27.7 Å². The van der Waals surface area contributed by atoms with Crippen molar-refractivity contribution in [3.63, 3.8) is 0 Å². The molecular weight excluding hydrogens is 367 g/mol. The molecule has 0 aromatic heterocycles. The Bertz CT molecular complexity index is 607. The monoisotopic (exact) mass is 389 g/mol. The largest absolute Gasteiger partial charge is 0.518 e. The van der Waals surface area contributed by atoms with Gasteiger partial charge in [0.15, 0.2) is 0 Å². The quantitative estimate of drug-likeness (QED) is 0.530. The third kappa shape index (κ3) is 10.0. The Morgan fingerprint density at radius 3 is 1.40 bits per heavy atom. The molecule has 0 saturated carbocycles. The van der Waals surface area contributed by atoms with Gasteiger partial charge >= 0.3 is 27.5 Å². The fourth-order valence-electron chi connectivity index (χ4n) is 1.44. The number of halogens is 3. The first-order chi connectivity index (χ1) is 10.8. The van der Waals surface area contributed by atoms with Crippen LogP contribution in [-0.4, -0.2) is 42.8 Å². The maximum Gasteiger partial charge on any atom is 0.518 e. The van der Waals surface area contributed by atoms with Gasteiger partial charge in [-0.25, -0.2) is 0 Å². The maximum absolute atomic E-state index is 12.5. The van der Waals surface area contributed by atoms with Crippen LogP contribution in [0.3, 0.4) is 0 Å². The zero-order valence-corrected chi connectivity index (χ0v) is 15.7. The van der Waals surface area contributed by atoms with E-state index in [9.17, 15) is 31.2 Å². The minimum absolute atomic E-state index is 0.819. The molecule has 0 aliphatic carbocycles. The lowest BCUT2D eigenvalue weighted by Crippen LogP contribution is -2.29. The second-order valence-corrected chi connectivity index (χ2v) is 8.70. The molecule has 0 fully saturated rings. The molecule has 25 heavy (non-hydrogen) atoms. The number of carbonyl (C=O) groups is 2. The smallest absolute Gasteiger partial charge is 0.460 e. The molecule has 0 aliphatic rings. The highest BCUT2D eigenvalue weighted by Crippen LogP contribution is 2.25. The first-order valence-electron chi connectivity index (χ1n) is 7.15. The van der Waals surface area contributed by atoms with Crippen molar-refractivity contribution in [2.45, 2.75) is 71.1 Å². The van der Waals surface area contributed by atoms with Crippen molar-refractivity contribution in [3.05, 3.63) is 0 Å². The van der Waals surface area contributed by atoms with E-state index >= 15 is 0 Å². The lowest BCUT2D eigenvalue weighted by Gasteiger charge is -2.21. The highest BCUT2D eigenvalue weighted by Gasteiger charge is 2.46. The zero-order chi connectivity index (χ0) is 20.3. The second-order valence-electron chi connectivity index (χ2n) is 7.10. The van der Waals surface area contributed by atoms with Crippen molar-refractivity contribution in [2.75, 3.05) is 0 Å². The van der Waals surface area contributed by atoms with E-state index in [-0.39, 0.29) is 0 Å². The summed E-state index contributed by atoms with van der Waals surface area (Å²) >= 11 is 0. The molecule has 0 spiro atoms. The molecule has 0 atom stereocenters. The van der Waals surface area contributed by atoms with Crippen LogP contribution >= 0.6 is 0 Å². The molecule has 0 bridgehead atoms.